The van der Waals surface area contributed by atoms with Crippen LogP contribution in [-0.2, 0) is 14.4 Å². The number of ketones is 1. The maximum Gasteiger partial charge on any atom is 0.361 e. The van der Waals surface area contributed by atoms with Gasteiger partial charge >= 0.3 is 5.97 Å². The van der Waals surface area contributed by atoms with E-state index in [1.54, 1.807) is 6.92 Å². The van der Waals surface area contributed by atoms with E-state index < -0.39 is 17.5 Å². The number of aliphatic carboxylic acids is 1. The Morgan fingerprint density at radius 3 is 2.36 bits per heavy atom. The first-order valence-corrected chi connectivity index (χ1v) is 3.03. The fourth-order valence-electron chi connectivity index (χ4n) is 0.383. The molecule has 11 heavy (non-hydrogen) atoms. The molecule has 5 heteroatoms. The SMILES string of the molecule is CCON=C(C(C)=O)C(=O)O. The summed E-state index contributed by atoms with van der Waals surface area (Å²) in [5, 5.41) is 11.4. The zero-order valence-corrected chi connectivity index (χ0v) is 6.33. The van der Waals surface area contributed by atoms with Crippen LogP contribution in [0.25, 0.3) is 0 Å². The molecule has 0 bridgehead atoms. The molecule has 0 aliphatic carbocycles. The van der Waals surface area contributed by atoms with Gasteiger partial charge < -0.3 is 9.94 Å². The minimum absolute atomic E-state index is 0.240. The van der Waals surface area contributed by atoms with Crippen LogP contribution in [-0.4, -0.2) is 29.2 Å². The van der Waals surface area contributed by atoms with Crippen molar-refractivity contribution in [3.8, 4) is 0 Å². The summed E-state index contributed by atoms with van der Waals surface area (Å²) in [4.78, 5) is 25.1. The highest BCUT2D eigenvalue weighted by atomic mass is 16.6. The van der Waals surface area contributed by atoms with Gasteiger partial charge in [-0.2, -0.15) is 0 Å². The molecule has 62 valence electrons. The topological polar surface area (TPSA) is 76.0 Å². The Balaban J connectivity index is 4.33. The smallest absolute Gasteiger partial charge is 0.361 e. The molecule has 0 unspecified atom stereocenters. The second kappa shape index (κ2) is 4.43. The van der Waals surface area contributed by atoms with Gasteiger partial charge in [0.1, 0.15) is 6.61 Å². The first kappa shape index (κ1) is 9.61. The van der Waals surface area contributed by atoms with Gasteiger partial charge in [0.25, 0.3) is 0 Å². The number of hydrogen-bond acceptors (Lipinski definition) is 4. The largest absolute Gasteiger partial charge is 0.476 e. The van der Waals surface area contributed by atoms with Gasteiger partial charge in [-0.25, -0.2) is 4.79 Å². The number of carboxylic acids is 1. The number of rotatable bonds is 4. The average Bonchev–Trinajstić information content (AvgIpc) is 1.87. The summed E-state index contributed by atoms with van der Waals surface area (Å²) in [6.07, 6.45) is 0. The average molecular weight is 159 g/mol. The molecular formula is C6H9NO4. The zero-order chi connectivity index (χ0) is 8.85. The lowest BCUT2D eigenvalue weighted by Crippen LogP contribution is -2.21. The Morgan fingerprint density at radius 2 is 2.09 bits per heavy atom. The lowest BCUT2D eigenvalue weighted by atomic mass is 10.3. The minimum atomic E-state index is -1.37. The lowest BCUT2D eigenvalue weighted by Gasteiger charge is -1.94. The van der Waals surface area contributed by atoms with E-state index in [1.807, 2.05) is 0 Å². The minimum Gasteiger partial charge on any atom is -0.476 e. The maximum absolute atomic E-state index is 10.5. The van der Waals surface area contributed by atoms with Gasteiger partial charge in [0.05, 0.1) is 0 Å². The molecular weight excluding hydrogens is 150 g/mol. The molecule has 0 aliphatic heterocycles. The van der Waals surface area contributed by atoms with Crippen molar-refractivity contribution >= 4 is 17.5 Å². The van der Waals surface area contributed by atoms with Crippen LogP contribution in [0.5, 0.6) is 0 Å². The van der Waals surface area contributed by atoms with Crippen molar-refractivity contribution in [3.05, 3.63) is 0 Å². The highest BCUT2D eigenvalue weighted by molar-refractivity contribution is 6.63. The molecule has 0 aromatic rings. The van der Waals surface area contributed by atoms with Crippen LogP contribution in [0.1, 0.15) is 13.8 Å². The van der Waals surface area contributed by atoms with Crippen LogP contribution >= 0.6 is 0 Å². The summed E-state index contributed by atoms with van der Waals surface area (Å²) < 4.78 is 0. The van der Waals surface area contributed by atoms with Crippen LogP contribution in [0.3, 0.4) is 0 Å². The van der Waals surface area contributed by atoms with E-state index in [-0.39, 0.29) is 6.61 Å². The third-order valence-corrected chi connectivity index (χ3v) is 0.821. The van der Waals surface area contributed by atoms with Crippen LogP contribution in [0, 0.1) is 0 Å². The number of carboxylic acid groups (broad SMARTS) is 1. The summed E-state index contributed by atoms with van der Waals surface area (Å²) >= 11 is 0. The maximum atomic E-state index is 10.5. The van der Waals surface area contributed by atoms with Crippen molar-refractivity contribution in [3.63, 3.8) is 0 Å². The molecule has 5 nitrogen and oxygen atoms in total. The fourth-order valence-corrected chi connectivity index (χ4v) is 0.383. The Bertz CT molecular complexity index is 181. The molecule has 0 rings (SSSR count). The molecule has 0 atom stereocenters. The molecule has 0 aromatic carbocycles. The normalized spacial score (nSPS) is 10.9. The van der Waals surface area contributed by atoms with Crippen LogP contribution < -0.4 is 0 Å². The molecule has 0 saturated carbocycles. The summed E-state index contributed by atoms with van der Waals surface area (Å²) in [6.45, 7) is 3.00. The predicted octanol–water partition coefficient (Wildman–Crippen LogP) is 0.0525. The van der Waals surface area contributed by atoms with Crippen molar-refractivity contribution in [2.75, 3.05) is 6.61 Å². The van der Waals surface area contributed by atoms with Crippen molar-refractivity contribution < 1.29 is 19.5 Å². The summed E-state index contributed by atoms with van der Waals surface area (Å²) in [5.41, 5.74) is -0.577. The molecule has 0 heterocycles. The van der Waals surface area contributed by atoms with Gasteiger partial charge in [0, 0.05) is 6.92 Å². The van der Waals surface area contributed by atoms with Gasteiger partial charge in [-0.05, 0) is 6.92 Å². The van der Waals surface area contributed by atoms with Crippen LogP contribution in [0.15, 0.2) is 5.16 Å². The quantitative estimate of drug-likeness (QED) is 0.357. The van der Waals surface area contributed by atoms with E-state index >= 15 is 0 Å². The summed E-state index contributed by atoms with van der Waals surface area (Å²) in [7, 11) is 0. The number of carbonyl (C=O) groups excluding carboxylic acids is 1. The molecule has 0 spiro atoms. The Kier molecular flexibility index (Phi) is 3.87. The summed E-state index contributed by atoms with van der Waals surface area (Å²) in [5.74, 6) is -1.99. The van der Waals surface area contributed by atoms with Crippen molar-refractivity contribution in [1.82, 2.24) is 0 Å². The highest BCUT2D eigenvalue weighted by Gasteiger charge is 2.15. The van der Waals surface area contributed by atoms with E-state index in [0.717, 1.165) is 6.92 Å². The second-order valence-corrected chi connectivity index (χ2v) is 1.72. The number of carbonyl (C=O) groups is 2. The standard InChI is InChI=1S/C6H9NO4/c1-3-11-7-5(4(2)8)6(9)10/h3H2,1-2H3,(H,9,10). The Morgan fingerprint density at radius 1 is 1.55 bits per heavy atom. The molecule has 1 N–H and O–H groups in total. The fraction of sp³-hybridized carbons (Fsp3) is 0.500. The Labute approximate surface area is 63.6 Å². The van der Waals surface area contributed by atoms with E-state index in [4.69, 9.17) is 5.11 Å². The van der Waals surface area contributed by atoms with E-state index in [0.29, 0.717) is 0 Å². The van der Waals surface area contributed by atoms with E-state index in [2.05, 4.69) is 9.99 Å². The van der Waals surface area contributed by atoms with Crippen molar-refractivity contribution in [2.45, 2.75) is 13.8 Å². The molecule has 0 radical (unpaired) electrons. The second-order valence-electron chi connectivity index (χ2n) is 1.72. The monoisotopic (exact) mass is 159 g/mol. The number of hydrogen-bond donors (Lipinski definition) is 1. The van der Waals surface area contributed by atoms with Crippen molar-refractivity contribution in [2.24, 2.45) is 5.16 Å². The predicted molar refractivity (Wildman–Crippen MR) is 37.4 cm³/mol. The summed E-state index contributed by atoms with van der Waals surface area (Å²) in [6, 6.07) is 0. The molecule has 0 amide bonds. The van der Waals surface area contributed by atoms with E-state index in [9.17, 15) is 9.59 Å². The zero-order valence-electron chi connectivity index (χ0n) is 6.33. The third kappa shape index (κ3) is 3.34. The van der Waals surface area contributed by atoms with E-state index in [1.165, 1.54) is 0 Å². The number of Topliss-reactive ketones (excluding diaryl/α,β-unsaturated/α-hetero) is 1. The lowest BCUT2D eigenvalue weighted by molar-refractivity contribution is -0.130. The van der Waals surface area contributed by atoms with Gasteiger partial charge in [0.2, 0.25) is 5.71 Å². The van der Waals surface area contributed by atoms with Crippen LogP contribution in [0.2, 0.25) is 0 Å². The first-order chi connectivity index (χ1) is 5.09. The van der Waals surface area contributed by atoms with Crippen molar-refractivity contribution in [1.29, 1.82) is 0 Å². The molecule has 0 aromatic heterocycles. The first-order valence-electron chi connectivity index (χ1n) is 3.03. The van der Waals surface area contributed by atoms with Gasteiger partial charge in [-0.3, -0.25) is 4.79 Å². The molecule has 0 aliphatic rings. The molecule has 0 saturated heterocycles. The number of oxime groups is 1. The van der Waals surface area contributed by atoms with Crippen LogP contribution in [0.4, 0.5) is 0 Å². The molecule has 0 fully saturated rings. The highest BCUT2D eigenvalue weighted by Crippen LogP contribution is 1.84. The van der Waals surface area contributed by atoms with Gasteiger partial charge in [0.15, 0.2) is 5.78 Å². The Hall–Kier alpha value is -1.39. The van der Waals surface area contributed by atoms with Gasteiger partial charge in [-0.1, -0.05) is 5.16 Å². The third-order valence-electron chi connectivity index (χ3n) is 0.821. The number of nitrogens with zero attached hydrogens (tertiary/aromatic N) is 1. The van der Waals surface area contributed by atoms with Gasteiger partial charge in [-0.15, -0.1) is 0 Å².